The summed E-state index contributed by atoms with van der Waals surface area (Å²) in [4.78, 5) is 35.5. The van der Waals surface area contributed by atoms with Crippen molar-refractivity contribution in [2.45, 2.75) is 66.0 Å². The molecular weight excluding hydrogens is 306 g/mol. The number of amides is 2. The minimum absolute atomic E-state index is 0.0471. The molecule has 0 aromatic heterocycles. The average molecular weight is 339 g/mol. The standard InChI is InChI=1S/C18H33N3O3/c1-6-9-16(22)19-11-8-7-10-15(18(24)13(2)3)21-17(23)12-20-14(4)5/h6,9,13-15,20H,7-8,10-12H2,1-5H3,(H,19,22)(H,21,23)/b9-6+/t15-/m0/s1. The molecular formula is C18H33N3O3. The minimum atomic E-state index is -0.460. The molecule has 3 N–H and O–H groups in total. The Kier molecular flexibility index (Phi) is 11.8. The largest absolute Gasteiger partial charge is 0.353 e. The van der Waals surface area contributed by atoms with Gasteiger partial charge in [-0.3, -0.25) is 14.4 Å². The summed E-state index contributed by atoms with van der Waals surface area (Å²) in [5.41, 5.74) is 0. The van der Waals surface area contributed by atoms with Gasteiger partial charge in [0.2, 0.25) is 11.8 Å². The van der Waals surface area contributed by atoms with Crippen LogP contribution in [-0.4, -0.2) is 42.8 Å². The van der Waals surface area contributed by atoms with Crippen LogP contribution in [0.25, 0.3) is 0 Å². The van der Waals surface area contributed by atoms with Crippen LogP contribution in [0.4, 0.5) is 0 Å². The fourth-order valence-corrected chi connectivity index (χ4v) is 2.13. The molecule has 0 aromatic rings. The van der Waals surface area contributed by atoms with Crippen molar-refractivity contribution in [3.8, 4) is 0 Å². The maximum atomic E-state index is 12.3. The van der Waals surface area contributed by atoms with Gasteiger partial charge < -0.3 is 16.0 Å². The van der Waals surface area contributed by atoms with E-state index in [1.165, 1.54) is 6.08 Å². The van der Waals surface area contributed by atoms with Crippen LogP contribution in [0.3, 0.4) is 0 Å². The van der Waals surface area contributed by atoms with Gasteiger partial charge in [0.15, 0.2) is 5.78 Å². The maximum Gasteiger partial charge on any atom is 0.243 e. The van der Waals surface area contributed by atoms with Crippen molar-refractivity contribution in [3.05, 3.63) is 12.2 Å². The Labute approximate surface area is 145 Å². The molecule has 0 saturated carbocycles. The number of nitrogens with one attached hydrogen (secondary N) is 3. The minimum Gasteiger partial charge on any atom is -0.353 e. The SMILES string of the molecule is C/C=C/C(=O)NCCCC[C@H](NC(=O)CNC(C)C)C(=O)C(C)C. The molecule has 0 aliphatic carbocycles. The summed E-state index contributed by atoms with van der Waals surface area (Å²) in [6.45, 7) is 10.2. The number of ketones is 1. The first-order chi connectivity index (χ1) is 11.3. The van der Waals surface area contributed by atoms with Crippen molar-refractivity contribution >= 4 is 17.6 Å². The molecule has 0 aliphatic heterocycles. The second kappa shape index (κ2) is 12.7. The molecule has 0 saturated heterocycles. The number of unbranched alkanes of at least 4 members (excludes halogenated alkanes) is 1. The summed E-state index contributed by atoms with van der Waals surface area (Å²) in [6, 6.07) is -0.242. The van der Waals surface area contributed by atoms with Crippen molar-refractivity contribution in [1.29, 1.82) is 0 Å². The zero-order valence-electron chi connectivity index (χ0n) is 15.6. The zero-order valence-corrected chi connectivity index (χ0v) is 15.6. The highest BCUT2D eigenvalue weighted by molar-refractivity contribution is 5.90. The van der Waals surface area contributed by atoms with E-state index < -0.39 is 6.04 Å². The van der Waals surface area contributed by atoms with Gasteiger partial charge in [0.05, 0.1) is 12.6 Å². The third-order valence-electron chi connectivity index (χ3n) is 3.46. The zero-order chi connectivity index (χ0) is 18.5. The fraction of sp³-hybridized carbons (Fsp3) is 0.722. The van der Waals surface area contributed by atoms with Gasteiger partial charge in [-0.05, 0) is 32.3 Å². The van der Waals surface area contributed by atoms with Crippen LogP contribution < -0.4 is 16.0 Å². The van der Waals surface area contributed by atoms with E-state index in [0.29, 0.717) is 13.0 Å². The van der Waals surface area contributed by atoms with Crippen LogP contribution in [0.5, 0.6) is 0 Å². The predicted molar refractivity (Wildman–Crippen MR) is 96.6 cm³/mol. The van der Waals surface area contributed by atoms with Crippen molar-refractivity contribution in [2.24, 2.45) is 5.92 Å². The van der Waals surface area contributed by atoms with Crippen molar-refractivity contribution in [1.82, 2.24) is 16.0 Å². The summed E-state index contributed by atoms with van der Waals surface area (Å²) in [7, 11) is 0. The van der Waals surface area contributed by atoms with Gasteiger partial charge in [-0.15, -0.1) is 0 Å². The van der Waals surface area contributed by atoms with Gasteiger partial charge in [0, 0.05) is 18.5 Å². The van der Waals surface area contributed by atoms with E-state index in [0.717, 1.165) is 12.8 Å². The van der Waals surface area contributed by atoms with Crippen LogP contribution in [0.15, 0.2) is 12.2 Å². The Morgan fingerprint density at radius 1 is 1.04 bits per heavy atom. The molecule has 6 heteroatoms. The number of hydrogen-bond donors (Lipinski definition) is 3. The second-order valence-corrected chi connectivity index (χ2v) is 6.50. The second-order valence-electron chi connectivity index (χ2n) is 6.50. The Morgan fingerprint density at radius 3 is 2.25 bits per heavy atom. The van der Waals surface area contributed by atoms with Crippen LogP contribution in [-0.2, 0) is 14.4 Å². The summed E-state index contributed by atoms with van der Waals surface area (Å²) in [5, 5.41) is 8.64. The first-order valence-electron chi connectivity index (χ1n) is 8.74. The molecule has 0 aliphatic rings. The Morgan fingerprint density at radius 2 is 1.71 bits per heavy atom. The van der Waals surface area contributed by atoms with Gasteiger partial charge in [-0.1, -0.05) is 33.8 Å². The molecule has 24 heavy (non-hydrogen) atoms. The molecule has 138 valence electrons. The number of carbonyl (C=O) groups excluding carboxylic acids is 3. The highest BCUT2D eigenvalue weighted by Crippen LogP contribution is 2.08. The number of allylic oxidation sites excluding steroid dienone is 1. The highest BCUT2D eigenvalue weighted by atomic mass is 16.2. The molecule has 0 spiro atoms. The lowest BCUT2D eigenvalue weighted by molar-refractivity contribution is -0.129. The average Bonchev–Trinajstić information content (AvgIpc) is 2.50. The van der Waals surface area contributed by atoms with Crippen molar-refractivity contribution < 1.29 is 14.4 Å². The van der Waals surface area contributed by atoms with E-state index >= 15 is 0 Å². The van der Waals surface area contributed by atoms with Gasteiger partial charge in [-0.2, -0.15) is 0 Å². The van der Waals surface area contributed by atoms with Crippen LogP contribution in [0.1, 0.15) is 53.9 Å². The lowest BCUT2D eigenvalue weighted by Crippen LogP contribution is -2.46. The van der Waals surface area contributed by atoms with E-state index in [4.69, 9.17) is 0 Å². The van der Waals surface area contributed by atoms with Crippen molar-refractivity contribution in [3.63, 3.8) is 0 Å². The first kappa shape index (κ1) is 22.3. The molecule has 1 atom stereocenters. The molecule has 0 rings (SSSR count). The van der Waals surface area contributed by atoms with Crippen molar-refractivity contribution in [2.75, 3.05) is 13.1 Å². The van der Waals surface area contributed by atoms with E-state index in [9.17, 15) is 14.4 Å². The third-order valence-corrected chi connectivity index (χ3v) is 3.46. The molecule has 0 unspecified atom stereocenters. The van der Waals surface area contributed by atoms with Crippen LogP contribution in [0, 0.1) is 5.92 Å². The van der Waals surface area contributed by atoms with E-state index in [2.05, 4.69) is 16.0 Å². The normalized spacial score (nSPS) is 12.6. The Balaban J connectivity index is 4.30. The first-order valence-corrected chi connectivity index (χ1v) is 8.74. The number of carbonyl (C=O) groups is 3. The molecule has 0 fully saturated rings. The summed E-state index contributed by atoms with van der Waals surface area (Å²) in [6.07, 6.45) is 5.28. The number of hydrogen-bond acceptors (Lipinski definition) is 4. The van der Waals surface area contributed by atoms with Crippen LogP contribution in [0.2, 0.25) is 0 Å². The summed E-state index contributed by atoms with van der Waals surface area (Å²) >= 11 is 0. The Bertz CT molecular complexity index is 431. The van der Waals surface area contributed by atoms with E-state index in [1.54, 1.807) is 13.0 Å². The monoisotopic (exact) mass is 339 g/mol. The summed E-state index contributed by atoms with van der Waals surface area (Å²) in [5.74, 6) is -0.349. The molecule has 0 bridgehead atoms. The molecule has 2 amide bonds. The topological polar surface area (TPSA) is 87.3 Å². The highest BCUT2D eigenvalue weighted by Gasteiger charge is 2.22. The van der Waals surface area contributed by atoms with Gasteiger partial charge >= 0.3 is 0 Å². The van der Waals surface area contributed by atoms with Gasteiger partial charge in [0.25, 0.3) is 0 Å². The van der Waals surface area contributed by atoms with E-state index in [1.807, 2.05) is 27.7 Å². The number of Topliss-reactive ketones (excluding diaryl/α,β-unsaturated/α-hetero) is 1. The maximum absolute atomic E-state index is 12.3. The van der Waals surface area contributed by atoms with Crippen LogP contribution >= 0.6 is 0 Å². The Hall–Kier alpha value is -1.69. The molecule has 0 radical (unpaired) electrons. The molecule has 0 heterocycles. The lowest BCUT2D eigenvalue weighted by atomic mass is 9.97. The lowest BCUT2D eigenvalue weighted by Gasteiger charge is -2.20. The summed E-state index contributed by atoms with van der Waals surface area (Å²) < 4.78 is 0. The predicted octanol–water partition coefficient (Wildman–Crippen LogP) is 1.56. The quantitative estimate of drug-likeness (QED) is 0.372. The van der Waals surface area contributed by atoms with E-state index in [-0.39, 0.29) is 36.1 Å². The third kappa shape index (κ3) is 10.9. The van der Waals surface area contributed by atoms with Gasteiger partial charge in [0.1, 0.15) is 0 Å². The smallest absolute Gasteiger partial charge is 0.243 e. The molecule has 6 nitrogen and oxygen atoms in total. The fourth-order valence-electron chi connectivity index (χ4n) is 2.13. The molecule has 0 aromatic carbocycles. The number of rotatable bonds is 12. The van der Waals surface area contributed by atoms with Gasteiger partial charge in [-0.25, -0.2) is 0 Å².